The Balaban J connectivity index is 1.94. The molecule has 2 atom stereocenters. The van der Waals surface area contributed by atoms with Crippen LogP contribution in [0.4, 0.5) is 0 Å². The van der Waals surface area contributed by atoms with Crippen molar-refractivity contribution in [2.24, 2.45) is 5.41 Å². The number of epoxide rings is 1. The van der Waals surface area contributed by atoms with Gasteiger partial charge in [-0.25, -0.2) is 4.68 Å². The van der Waals surface area contributed by atoms with Crippen LogP contribution in [0.15, 0.2) is 48.7 Å². The quantitative estimate of drug-likeness (QED) is 0.697. The molecule has 3 heterocycles. The molecule has 0 unspecified atom stereocenters. The van der Waals surface area contributed by atoms with Crippen molar-refractivity contribution in [3.05, 3.63) is 54.4 Å². The van der Waals surface area contributed by atoms with Gasteiger partial charge in [-0.05, 0) is 29.7 Å². The number of rotatable bonds is 3. The highest BCUT2D eigenvalue weighted by molar-refractivity contribution is 5.74. The lowest BCUT2D eigenvalue weighted by atomic mass is 9.75. The van der Waals surface area contributed by atoms with Crippen molar-refractivity contribution in [2.45, 2.75) is 32.4 Å². The van der Waals surface area contributed by atoms with Crippen LogP contribution in [0.2, 0.25) is 0 Å². The van der Waals surface area contributed by atoms with Gasteiger partial charge in [0.25, 0.3) is 0 Å². The zero-order valence-corrected chi connectivity index (χ0v) is 13.6. The molecule has 1 aliphatic heterocycles. The van der Waals surface area contributed by atoms with Crippen molar-refractivity contribution >= 4 is 11.0 Å². The van der Waals surface area contributed by atoms with Crippen LogP contribution in [0.1, 0.15) is 32.5 Å². The highest BCUT2D eigenvalue weighted by Gasteiger charge is 2.61. The second-order valence-corrected chi connectivity index (χ2v) is 7.11. The summed E-state index contributed by atoms with van der Waals surface area (Å²) in [5, 5.41) is 8.76. The summed E-state index contributed by atoms with van der Waals surface area (Å²) in [5.74, 6) is 0. The summed E-state index contributed by atoms with van der Waals surface area (Å²) in [7, 11) is 0. The molecule has 0 bridgehead atoms. The van der Waals surface area contributed by atoms with Crippen LogP contribution in [-0.4, -0.2) is 32.2 Å². The van der Waals surface area contributed by atoms with Crippen LogP contribution in [0.25, 0.3) is 11.0 Å². The van der Waals surface area contributed by atoms with Crippen molar-refractivity contribution in [1.29, 1.82) is 0 Å². The van der Waals surface area contributed by atoms with Gasteiger partial charge in [-0.3, -0.25) is 4.98 Å². The van der Waals surface area contributed by atoms with Crippen molar-refractivity contribution in [3.63, 3.8) is 0 Å². The Hall–Kier alpha value is -2.27. The largest absolute Gasteiger partial charge is 0.366 e. The molecule has 5 heteroatoms. The van der Waals surface area contributed by atoms with E-state index >= 15 is 0 Å². The van der Waals surface area contributed by atoms with Crippen molar-refractivity contribution in [3.8, 4) is 0 Å². The monoisotopic (exact) mass is 308 g/mol. The first-order valence-electron chi connectivity index (χ1n) is 7.88. The SMILES string of the molecule is CC(C)(C)[C@@]1([C@@H](c2ccccn2)n2nnc3ccccc32)CO1. The highest BCUT2D eigenvalue weighted by atomic mass is 16.6. The maximum absolute atomic E-state index is 6.02. The summed E-state index contributed by atoms with van der Waals surface area (Å²) in [6, 6.07) is 13.9. The fourth-order valence-corrected chi connectivity index (χ4v) is 3.26. The van der Waals surface area contributed by atoms with Crippen LogP contribution >= 0.6 is 0 Å². The zero-order chi connectivity index (χ0) is 16.1. The molecule has 5 nitrogen and oxygen atoms in total. The van der Waals surface area contributed by atoms with E-state index in [2.05, 4.69) is 36.1 Å². The van der Waals surface area contributed by atoms with Crippen LogP contribution in [0.5, 0.6) is 0 Å². The minimum atomic E-state index is -0.322. The molecular weight excluding hydrogens is 288 g/mol. The number of hydrogen-bond acceptors (Lipinski definition) is 4. The Morgan fingerprint density at radius 2 is 1.87 bits per heavy atom. The molecule has 2 aromatic heterocycles. The molecule has 0 N–H and O–H groups in total. The fourth-order valence-electron chi connectivity index (χ4n) is 3.26. The first-order valence-corrected chi connectivity index (χ1v) is 7.88. The van der Waals surface area contributed by atoms with Crippen molar-refractivity contribution in [2.75, 3.05) is 6.61 Å². The summed E-state index contributed by atoms with van der Waals surface area (Å²) >= 11 is 0. The van der Waals surface area contributed by atoms with Gasteiger partial charge < -0.3 is 4.74 Å². The smallest absolute Gasteiger partial charge is 0.128 e. The molecule has 0 amide bonds. The average Bonchev–Trinajstić information content (AvgIpc) is 3.24. The van der Waals surface area contributed by atoms with Gasteiger partial charge >= 0.3 is 0 Å². The van der Waals surface area contributed by atoms with Crippen molar-refractivity contribution < 1.29 is 4.74 Å². The molecule has 0 aliphatic carbocycles. The standard InChI is InChI=1S/C18H20N4O/c1-17(2,3)18(12-23-18)16(14-9-6-7-11-19-14)22-15-10-5-4-8-13(15)20-21-22/h4-11,16H,12H2,1-3H3/t16-,18+/m1/s1. The van der Waals surface area contributed by atoms with Gasteiger partial charge in [0.15, 0.2) is 0 Å². The van der Waals surface area contributed by atoms with Gasteiger partial charge in [0.05, 0.1) is 17.8 Å². The van der Waals surface area contributed by atoms with E-state index in [4.69, 9.17) is 4.74 Å². The Kier molecular flexibility index (Phi) is 3.03. The molecule has 1 saturated heterocycles. The van der Waals surface area contributed by atoms with Gasteiger partial charge in [-0.15, -0.1) is 5.10 Å². The number of benzene rings is 1. The molecule has 1 aromatic carbocycles. The fraction of sp³-hybridized carbons (Fsp3) is 0.389. The minimum absolute atomic E-state index is 0.0394. The Bertz CT molecular complexity index is 831. The Labute approximate surface area is 135 Å². The summed E-state index contributed by atoms with van der Waals surface area (Å²) in [4.78, 5) is 4.59. The first kappa shape index (κ1) is 14.3. The van der Waals surface area contributed by atoms with Crippen LogP contribution < -0.4 is 0 Å². The Morgan fingerprint density at radius 1 is 1.13 bits per heavy atom. The van der Waals surface area contributed by atoms with E-state index in [-0.39, 0.29) is 17.1 Å². The van der Waals surface area contributed by atoms with Crippen LogP contribution in [-0.2, 0) is 4.74 Å². The second kappa shape index (κ2) is 4.86. The number of para-hydroxylation sites is 1. The van der Waals surface area contributed by atoms with E-state index < -0.39 is 0 Å². The molecule has 118 valence electrons. The topological polar surface area (TPSA) is 56.1 Å². The molecule has 23 heavy (non-hydrogen) atoms. The molecule has 0 spiro atoms. The third kappa shape index (κ3) is 2.15. The lowest BCUT2D eigenvalue weighted by molar-refractivity contribution is 0.106. The van der Waals surface area contributed by atoms with Crippen LogP contribution in [0.3, 0.4) is 0 Å². The van der Waals surface area contributed by atoms with Gasteiger partial charge in [0.2, 0.25) is 0 Å². The molecule has 0 saturated carbocycles. The number of aromatic nitrogens is 4. The minimum Gasteiger partial charge on any atom is -0.366 e. The third-order valence-electron chi connectivity index (χ3n) is 4.76. The number of fused-ring (bicyclic) bond motifs is 1. The average molecular weight is 308 g/mol. The molecular formula is C18H20N4O. The summed E-state index contributed by atoms with van der Waals surface area (Å²) in [6.45, 7) is 7.31. The maximum Gasteiger partial charge on any atom is 0.128 e. The normalized spacial score (nSPS) is 22.2. The summed E-state index contributed by atoms with van der Waals surface area (Å²) in [6.07, 6.45) is 1.82. The number of nitrogens with zero attached hydrogens (tertiary/aromatic N) is 4. The van der Waals surface area contributed by atoms with E-state index in [1.807, 2.05) is 53.3 Å². The number of pyridine rings is 1. The van der Waals surface area contributed by atoms with E-state index in [9.17, 15) is 0 Å². The van der Waals surface area contributed by atoms with Gasteiger partial charge in [-0.2, -0.15) is 0 Å². The van der Waals surface area contributed by atoms with Gasteiger partial charge in [-0.1, -0.05) is 44.2 Å². The van der Waals surface area contributed by atoms with Crippen molar-refractivity contribution in [1.82, 2.24) is 20.0 Å². The molecule has 1 aliphatic rings. The van der Waals surface area contributed by atoms with Gasteiger partial charge in [0.1, 0.15) is 17.2 Å². The highest BCUT2D eigenvalue weighted by Crippen LogP contribution is 2.53. The predicted molar refractivity (Wildman–Crippen MR) is 88.0 cm³/mol. The molecule has 4 rings (SSSR count). The summed E-state index contributed by atoms with van der Waals surface area (Å²) in [5.41, 5.74) is 2.48. The molecule has 3 aromatic rings. The van der Waals surface area contributed by atoms with Gasteiger partial charge in [0, 0.05) is 6.20 Å². The van der Waals surface area contributed by atoms with E-state index in [1.54, 1.807) is 0 Å². The lowest BCUT2D eigenvalue weighted by Crippen LogP contribution is -2.41. The molecule has 0 radical (unpaired) electrons. The van der Waals surface area contributed by atoms with E-state index in [1.165, 1.54) is 0 Å². The number of ether oxygens (including phenoxy) is 1. The lowest BCUT2D eigenvalue weighted by Gasteiger charge is -2.34. The second-order valence-electron chi connectivity index (χ2n) is 7.11. The van der Waals surface area contributed by atoms with Crippen LogP contribution in [0, 0.1) is 5.41 Å². The maximum atomic E-state index is 6.02. The molecule has 1 fully saturated rings. The third-order valence-corrected chi connectivity index (χ3v) is 4.76. The van der Waals surface area contributed by atoms with E-state index in [0.29, 0.717) is 6.61 Å². The van der Waals surface area contributed by atoms with E-state index in [0.717, 1.165) is 16.7 Å². The first-order chi connectivity index (χ1) is 11.0. The summed E-state index contributed by atoms with van der Waals surface area (Å²) < 4.78 is 7.99. The zero-order valence-electron chi connectivity index (χ0n) is 13.6. The number of hydrogen-bond donors (Lipinski definition) is 0. The predicted octanol–water partition coefficient (Wildman–Crippen LogP) is 3.23. The Morgan fingerprint density at radius 3 is 2.52 bits per heavy atom.